The van der Waals surface area contributed by atoms with Gasteiger partial charge in [0.25, 0.3) is 0 Å². The Balaban J connectivity index is 1.94. The lowest BCUT2D eigenvalue weighted by molar-refractivity contribution is -0.135. The van der Waals surface area contributed by atoms with Crippen LogP contribution in [-0.2, 0) is 11.8 Å². The van der Waals surface area contributed by atoms with Crippen LogP contribution in [0.2, 0.25) is 0 Å². The number of hydrogen-bond acceptors (Lipinski definition) is 2. The maximum absolute atomic E-state index is 13.8. The summed E-state index contributed by atoms with van der Waals surface area (Å²) in [4.78, 5) is 0. The van der Waals surface area contributed by atoms with Crippen molar-refractivity contribution in [1.82, 2.24) is 0 Å². The normalized spacial score (nSPS) is 16.0. The molecule has 1 aliphatic heterocycles. The van der Waals surface area contributed by atoms with Gasteiger partial charge in [0.2, 0.25) is 0 Å². The lowest BCUT2D eigenvalue weighted by Crippen LogP contribution is -2.26. The molecule has 0 aliphatic carbocycles. The summed E-state index contributed by atoms with van der Waals surface area (Å²) in [6, 6.07) is 2.72. The van der Waals surface area contributed by atoms with Gasteiger partial charge in [-0.15, -0.1) is 0 Å². The Morgan fingerprint density at radius 3 is 2.54 bits per heavy atom. The van der Waals surface area contributed by atoms with E-state index in [0.717, 1.165) is 16.9 Å². The lowest BCUT2D eigenvalue weighted by atomic mass is 9.78. The van der Waals surface area contributed by atoms with Crippen molar-refractivity contribution in [2.75, 3.05) is 6.61 Å². The highest BCUT2D eigenvalue weighted by molar-refractivity contribution is 5.48. The first-order valence-corrected chi connectivity index (χ1v) is 8.36. The molecular formula is C18H25F4NO. The summed E-state index contributed by atoms with van der Waals surface area (Å²) in [6.07, 6.45) is -2.58. The molecule has 1 atom stereocenters. The average molecular weight is 347 g/mol. The zero-order valence-electron chi connectivity index (χ0n) is 14.2. The quantitative estimate of drug-likeness (QED) is 0.714. The summed E-state index contributed by atoms with van der Waals surface area (Å²) in [5, 5.41) is 0. The molecule has 1 aromatic carbocycles. The SMILES string of the molecule is CC(C)(CC[C@@H](N)CCCC(F)(F)F)c1cc(F)cc2c1OCC2. The summed E-state index contributed by atoms with van der Waals surface area (Å²) in [7, 11) is 0. The Hall–Kier alpha value is -1.30. The van der Waals surface area contributed by atoms with E-state index in [1.807, 2.05) is 13.8 Å². The number of ether oxygens (including phenoxy) is 1. The molecule has 0 amide bonds. The third-order valence-electron chi connectivity index (χ3n) is 4.65. The molecule has 0 unspecified atom stereocenters. The van der Waals surface area contributed by atoms with Gasteiger partial charge >= 0.3 is 6.18 Å². The van der Waals surface area contributed by atoms with Gasteiger partial charge in [-0.2, -0.15) is 13.2 Å². The fourth-order valence-electron chi connectivity index (χ4n) is 3.16. The van der Waals surface area contributed by atoms with Gasteiger partial charge in [0, 0.05) is 30.0 Å². The number of nitrogens with two attached hydrogens (primary N) is 1. The second kappa shape index (κ2) is 7.30. The molecule has 1 heterocycles. The zero-order chi connectivity index (χ0) is 18.0. The van der Waals surface area contributed by atoms with Crippen LogP contribution in [-0.4, -0.2) is 18.8 Å². The van der Waals surface area contributed by atoms with Gasteiger partial charge in [-0.3, -0.25) is 0 Å². The molecule has 0 saturated carbocycles. The van der Waals surface area contributed by atoms with Crippen LogP contribution in [0.1, 0.15) is 57.1 Å². The molecule has 0 radical (unpaired) electrons. The third kappa shape index (κ3) is 5.10. The van der Waals surface area contributed by atoms with Crippen molar-refractivity contribution in [3.05, 3.63) is 29.1 Å². The molecule has 0 bridgehead atoms. The third-order valence-corrected chi connectivity index (χ3v) is 4.65. The van der Waals surface area contributed by atoms with Crippen LogP contribution in [0.25, 0.3) is 0 Å². The van der Waals surface area contributed by atoms with Crippen molar-refractivity contribution >= 4 is 0 Å². The molecule has 6 heteroatoms. The number of hydrogen-bond donors (Lipinski definition) is 1. The van der Waals surface area contributed by atoms with Crippen molar-refractivity contribution in [2.24, 2.45) is 5.73 Å². The summed E-state index contributed by atoms with van der Waals surface area (Å²) in [6.45, 7) is 4.54. The predicted octanol–water partition coefficient (Wildman–Crippen LogP) is 4.88. The van der Waals surface area contributed by atoms with Gasteiger partial charge in [0.05, 0.1) is 6.61 Å². The van der Waals surface area contributed by atoms with E-state index in [1.165, 1.54) is 12.1 Å². The highest BCUT2D eigenvalue weighted by Gasteiger charge is 2.30. The average Bonchev–Trinajstić information content (AvgIpc) is 2.91. The summed E-state index contributed by atoms with van der Waals surface area (Å²) in [5.41, 5.74) is 7.31. The van der Waals surface area contributed by atoms with E-state index in [4.69, 9.17) is 10.5 Å². The number of fused-ring (bicyclic) bond motifs is 1. The topological polar surface area (TPSA) is 35.2 Å². The van der Waals surface area contributed by atoms with E-state index >= 15 is 0 Å². The molecule has 0 saturated heterocycles. The molecule has 2 N–H and O–H groups in total. The molecule has 2 nitrogen and oxygen atoms in total. The number of benzene rings is 1. The van der Waals surface area contributed by atoms with Gasteiger partial charge in [0.1, 0.15) is 11.6 Å². The summed E-state index contributed by atoms with van der Waals surface area (Å²) in [5.74, 6) is 0.476. The van der Waals surface area contributed by atoms with E-state index in [0.29, 0.717) is 32.3 Å². The second-order valence-electron chi connectivity index (χ2n) is 7.23. The van der Waals surface area contributed by atoms with E-state index in [2.05, 4.69) is 0 Å². The maximum Gasteiger partial charge on any atom is 0.389 e. The van der Waals surface area contributed by atoms with Gasteiger partial charge in [-0.05, 0) is 43.2 Å². The van der Waals surface area contributed by atoms with Crippen molar-refractivity contribution in [1.29, 1.82) is 0 Å². The Labute approximate surface area is 140 Å². The number of alkyl halides is 3. The van der Waals surface area contributed by atoms with E-state index < -0.39 is 12.6 Å². The lowest BCUT2D eigenvalue weighted by Gasteiger charge is -2.28. The highest BCUT2D eigenvalue weighted by atomic mass is 19.4. The summed E-state index contributed by atoms with van der Waals surface area (Å²) >= 11 is 0. The molecule has 136 valence electrons. The van der Waals surface area contributed by atoms with Crippen LogP contribution in [0.3, 0.4) is 0 Å². The Bertz CT molecular complexity index is 569. The van der Waals surface area contributed by atoms with Crippen molar-refractivity contribution < 1.29 is 22.3 Å². The minimum Gasteiger partial charge on any atom is -0.493 e. The first-order chi connectivity index (χ1) is 11.1. The van der Waals surface area contributed by atoms with Crippen LogP contribution in [0.15, 0.2) is 12.1 Å². The first-order valence-electron chi connectivity index (χ1n) is 8.36. The molecular weight excluding hydrogens is 322 g/mol. The zero-order valence-corrected chi connectivity index (χ0v) is 14.2. The van der Waals surface area contributed by atoms with Crippen LogP contribution in [0.5, 0.6) is 5.75 Å². The molecule has 0 fully saturated rings. The van der Waals surface area contributed by atoms with Gasteiger partial charge < -0.3 is 10.5 Å². The predicted molar refractivity (Wildman–Crippen MR) is 85.7 cm³/mol. The second-order valence-corrected chi connectivity index (χ2v) is 7.23. The maximum atomic E-state index is 13.8. The minimum absolute atomic E-state index is 0.0452. The fourth-order valence-corrected chi connectivity index (χ4v) is 3.16. The van der Waals surface area contributed by atoms with Crippen molar-refractivity contribution in [2.45, 2.75) is 70.0 Å². The molecule has 0 spiro atoms. The summed E-state index contributed by atoms with van der Waals surface area (Å²) < 4.78 is 56.0. The minimum atomic E-state index is -4.13. The molecule has 0 aromatic heterocycles. The molecule has 2 rings (SSSR count). The van der Waals surface area contributed by atoms with E-state index in [1.54, 1.807) is 0 Å². The Morgan fingerprint density at radius 1 is 1.17 bits per heavy atom. The van der Waals surface area contributed by atoms with Crippen LogP contribution >= 0.6 is 0 Å². The molecule has 1 aromatic rings. The first kappa shape index (κ1) is 19.0. The Morgan fingerprint density at radius 2 is 1.88 bits per heavy atom. The van der Waals surface area contributed by atoms with E-state index in [-0.39, 0.29) is 23.7 Å². The molecule has 1 aliphatic rings. The smallest absolute Gasteiger partial charge is 0.389 e. The molecule has 24 heavy (non-hydrogen) atoms. The van der Waals surface area contributed by atoms with Gasteiger partial charge in [0.15, 0.2) is 0 Å². The number of rotatable bonds is 7. The van der Waals surface area contributed by atoms with Crippen LogP contribution < -0.4 is 10.5 Å². The fraction of sp³-hybridized carbons (Fsp3) is 0.667. The number of halogens is 4. The largest absolute Gasteiger partial charge is 0.493 e. The van der Waals surface area contributed by atoms with Gasteiger partial charge in [-0.1, -0.05) is 13.8 Å². The van der Waals surface area contributed by atoms with Crippen LogP contribution in [0, 0.1) is 5.82 Å². The van der Waals surface area contributed by atoms with Crippen LogP contribution in [0.4, 0.5) is 17.6 Å². The standard InChI is InChI=1S/C18H25F4NO/c1-17(2,8-5-14(23)4-3-7-18(20,21)22)15-11-13(19)10-12-6-9-24-16(12)15/h10-11,14H,3-9,23H2,1-2H3/t14-/m0/s1. The monoisotopic (exact) mass is 347 g/mol. The Kier molecular flexibility index (Phi) is 5.78. The highest BCUT2D eigenvalue weighted by Crippen LogP contribution is 2.40. The van der Waals surface area contributed by atoms with E-state index in [9.17, 15) is 17.6 Å². The van der Waals surface area contributed by atoms with Crippen molar-refractivity contribution in [3.8, 4) is 5.75 Å². The van der Waals surface area contributed by atoms with Crippen molar-refractivity contribution in [3.63, 3.8) is 0 Å². The van der Waals surface area contributed by atoms with Gasteiger partial charge in [-0.25, -0.2) is 4.39 Å².